The lowest BCUT2D eigenvalue weighted by Gasteiger charge is -2.50. The highest BCUT2D eigenvalue weighted by atomic mass is 35.5. The number of piperidine rings is 3. The summed E-state index contributed by atoms with van der Waals surface area (Å²) in [5.41, 5.74) is 1.61. The van der Waals surface area contributed by atoms with E-state index < -0.39 is 6.10 Å². The Hall–Kier alpha value is -1.62. The third kappa shape index (κ3) is 2.92. The molecule has 3 aliphatic rings. The van der Waals surface area contributed by atoms with Crippen LogP contribution in [-0.2, 0) is 0 Å². The number of methoxy groups -OCH3 is 1. The Labute approximate surface area is 153 Å². The largest absolute Gasteiger partial charge is 0.497 e. The molecule has 2 bridgehead atoms. The van der Waals surface area contributed by atoms with Gasteiger partial charge in [0.25, 0.3) is 0 Å². The molecule has 0 amide bonds. The van der Waals surface area contributed by atoms with E-state index in [0.717, 1.165) is 41.7 Å². The standard InChI is InChI=1S/C20H23ClN2O2/c1-3-12-11-23-7-6-13(12)8-18(23)20(24)16-10-19(21)22-17-5-4-14(25-2)9-15(16)17/h3-5,9-10,12-13,18,20,24H,1,6-8,11H2,2H3/t12-,13?,18-,20+/m0/s1. The fourth-order valence-electron chi connectivity index (χ4n) is 4.48. The highest BCUT2D eigenvalue weighted by Gasteiger charge is 2.42. The fourth-order valence-corrected chi connectivity index (χ4v) is 4.69. The number of halogens is 1. The van der Waals surface area contributed by atoms with Crippen LogP contribution in [0.25, 0.3) is 10.9 Å². The first kappa shape index (κ1) is 16.8. The molecule has 4 heterocycles. The van der Waals surface area contributed by atoms with Crippen molar-refractivity contribution in [3.8, 4) is 5.75 Å². The second-order valence-electron chi connectivity index (χ2n) is 7.11. The zero-order chi connectivity index (χ0) is 17.6. The number of rotatable bonds is 4. The van der Waals surface area contributed by atoms with E-state index in [2.05, 4.69) is 22.5 Å². The molecular weight excluding hydrogens is 336 g/mol. The van der Waals surface area contributed by atoms with Gasteiger partial charge in [0.15, 0.2) is 0 Å². The van der Waals surface area contributed by atoms with E-state index in [0.29, 0.717) is 17.0 Å². The van der Waals surface area contributed by atoms with Crippen molar-refractivity contribution in [2.45, 2.75) is 25.0 Å². The van der Waals surface area contributed by atoms with Gasteiger partial charge in [-0.05, 0) is 61.1 Å². The molecule has 0 aliphatic carbocycles. The molecule has 3 fully saturated rings. The molecule has 25 heavy (non-hydrogen) atoms. The topological polar surface area (TPSA) is 45.6 Å². The van der Waals surface area contributed by atoms with Crippen molar-refractivity contribution in [2.75, 3.05) is 20.2 Å². The summed E-state index contributed by atoms with van der Waals surface area (Å²) < 4.78 is 5.35. The van der Waals surface area contributed by atoms with Gasteiger partial charge in [-0.2, -0.15) is 0 Å². The minimum absolute atomic E-state index is 0.114. The van der Waals surface area contributed by atoms with Gasteiger partial charge in [-0.15, -0.1) is 6.58 Å². The second-order valence-corrected chi connectivity index (χ2v) is 7.50. The molecule has 0 radical (unpaired) electrons. The van der Waals surface area contributed by atoms with Crippen molar-refractivity contribution in [2.24, 2.45) is 11.8 Å². The third-order valence-electron chi connectivity index (χ3n) is 5.85. The number of aliphatic hydroxyl groups excluding tert-OH is 1. The zero-order valence-electron chi connectivity index (χ0n) is 14.4. The maximum Gasteiger partial charge on any atom is 0.130 e. The first-order valence-corrected chi connectivity index (χ1v) is 9.17. The monoisotopic (exact) mass is 358 g/mol. The summed E-state index contributed by atoms with van der Waals surface area (Å²) in [5, 5.41) is 12.5. The van der Waals surface area contributed by atoms with Crippen LogP contribution < -0.4 is 4.74 Å². The normalized spacial score (nSPS) is 29.6. The van der Waals surface area contributed by atoms with Crippen LogP contribution in [0.5, 0.6) is 5.75 Å². The van der Waals surface area contributed by atoms with Crippen molar-refractivity contribution in [1.29, 1.82) is 0 Å². The third-order valence-corrected chi connectivity index (χ3v) is 6.05. The van der Waals surface area contributed by atoms with E-state index in [9.17, 15) is 5.11 Å². The van der Waals surface area contributed by atoms with Crippen molar-refractivity contribution >= 4 is 22.5 Å². The fraction of sp³-hybridized carbons (Fsp3) is 0.450. The van der Waals surface area contributed by atoms with Gasteiger partial charge >= 0.3 is 0 Å². The molecular formula is C20H23ClN2O2. The molecule has 3 saturated heterocycles. The number of pyridine rings is 1. The molecule has 4 nitrogen and oxygen atoms in total. The first-order chi connectivity index (χ1) is 12.1. The number of aromatic nitrogens is 1. The number of benzene rings is 1. The molecule has 132 valence electrons. The molecule has 3 aliphatic heterocycles. The minimum atomic E-state index is -0.594. The number of aliphatic hydroxyl groups is 1. The Morgan fingerprint density at radius 1 is 1.44 bits per heavy atom. The molecule has 5 atom stereocenters. The van der Waals surface area contributed by atoms with Gasteiger partial charge in [-0.3, -0.25) is 4.90 Å². The van der Waals surface area contributed by atoms with Crippen LogP contribution in [0.3, 0.4) is 0 Å². The summed E-state index contributed by atoms with van der Waals surface area (Å²) in [4.78, 5) is 6.78. The molecule has 0 spiro atoms. The summed E-state index contributed by atoms with van der Waals surface area (Å²) in [7, 11) is 1.64. The van der Waals surface area contributed by atoms with Gasteiger partial charge in [0.05, 0.1) is 18.7 Å². The van der Waals surface area contributed by atoms with Crippen LogP contribution in [0.4, 0.5) is 0 Å². The van der Waals surface area contributed by atoms with Crippen LogP contribution in [0.15, 0.2) is 36.9 Å². The van der Waals surface area contributed by atoms with Crippen LogP contribution in [-0.4, -0.2) is 41.2 Å². The van der Waals surface area contributed by atoms with E-state index in [-0.39, 0.29) is 6.04 Å². The number of hydrogen-bond donors (Lipinski definition) is 1. The summed E-state index contributed by atoms with van der Waals surface area (Å²) >= 11 is 6.22. The van der Waals surface area contributed by atoms with Crippen molar-refractivity contribution in [3.05, 3.63) is 47.6 Å². The van der Waals surface area contributed by atoms with Gasteiger partial charge in [-0.25, -0.2) is 4.98 Å². The van der Waals surface area contributed by atoms with E-state index >= 15 is 0 Å². The highest BCUT2D eigenvalue weighted by Crippen LogP contribution is 2.42. The van der Waals surface area contributed by atoms with Crippen LogP contribution >= 0.6 is 11.6 Å². The van der Waals surface area contributed by atoms with E-state index in [1.165, 1.54) is 6.42 Å². The Balaban J connectivity index is 1.73. The first-order valence-electron chi connectivity index (χ1n) is 8.79. The van der Waals surface area contributed by atoms with Gasteiger partial charge in [0.2, 0.25) is 0 Å². The summed E-state index contributed by atoms with van der Waals surface area (Å²) in [5.74, 6) is 1.90. The molecule has 1 N–H and O–H groups in total. The van der Waals surface area contributed by atoms with Crippen LogP contribution in [0.1, 0.15) is 24.5 Å². The van der Waals surface area contributed by atoms with Gasteiger partial charge in [0.1, 0.15) is 10.9 Å². The van der Waals surface area contributed by atoms with E-state index in [1.807, 2.05) is 18.2 Å². The molecule has 2 unspecified atom stereocenters. The molecule has 1 aromatic carbocycles. The Morgan fingerprint density at radius 2 is 2.28 bits per heavy atom. The summed E-state index contributed by atoms with van der Waals surface area (Å²) in [6.07, 6.45) is 3.65. The maximum atomic E-state index is 11.2. The number of fused-ring (bicyclic) bond motifs is 4. The quantitative estimate of drug-likeness (QED) is 0.666. The lowest BCUT2D eigenvalue weighted by Crippen LogP contribution is -2.54. The average Bonchev–Trinajstić information content (AvgIpc) is 2.66. The molecule has 5 heteroatoms. The van der Waals surface area contributed by atoms with E-state index in [4.69, 9.17) is 16.3 Å². The zero-order valence-corrected chi connectivity index (χ0v) is 15.1. The Bertz CT molecular complexity index is 810. The number of hydrogen-bond acceptors (Lipinski definition) is 4. The van der Waals surface area contributed by atoms with Gasteiger partial charge in [-0.1, -0.05) is 17.7 Å². The Kier molecular flexibility index (Phi) is 4.44. The highest BCUT2D eigenvalue weighted by molar-refractivity contribution is 6.30. The van der Waals surface area contributed by atoms with Gasteiger partial charge in [0, 0.05) is 18.0 Å². The predicted molar refractivity (Wildman–Crippen MR) is 100 cm³/mol. The van der Waals surface area contributed by atoms with E-state index in [1.54, 1.807) is 13.2 Å². The lowest BCUT2D eigenvalue weighted by atomic mass is 9.73. The van der Waals surface area contributed by atoms with Crippen molar-refractivity contribution in [3.63, 3.8) is 0 Å². The predicted octanol–water partition coefficient (Wildman–Crippen LogP) is 3.83. The van der Waals surface area contributed by atoms with Crippen molar-refractivity contribution in [1.82, 2.24) is 9.88 Å². The summed E-state index contributed by atoms with van der Waals surface area (Å²) in [6, 6.07) is 7.59. The summed E-state index contributed by atoms with van der Waals surface area (Å²) in [6.45, 7) is 5.99. The smallest absolute Gasteiger partial charge is 0.130 e. The molecule has 5 rings (SSSR count). The number of nitrogens with zero attached hydrogens (tertiary/aromatic N) is 2. The maximum absolute atomic E-state index is 11.2. The SMILES string of the molecule is C=C[C@H]1CN2CCC1C[C@H]2[C@H](O)c1cc(Cl)nc2ccc(OC)cc12. The van der Waals surface area contributed by atoms with Crippen LogP contribution in [0.2, 0.25) is 5.15 Å². The van der Waals surface area contributed by atoms with Crippen molar-refractivity contribution < 1.29 is 9.84 Å². The Morgan fingerprint density at radius 3 is 2.96 bits per heavy atom. The van der Waals surface area contributed by atoms with Crippen LogP contribution in [0, 0.1) is 11.8 Å². The second kappa shape index (κ2) is 6.60. The molecule has 1 aromatic heterocycles. The van der Waals surface area contributed by atoms with Gasteiger partial charge < -0.3 is 9.84 Å². The molecule has 0 saturated carbocycles. The number of ether oxygens (including phenoxy) is 1. The average molecular weight is 359 g/mol. The molecule has 2 aromatic rings. The lowest BCUT2D eigenvalue weighted by molar-refractivity contribution is -0.0444. The minimum Gasteiger partial charge on any atom is -0.497 e.